The Kier molecular flexibility index (Phi) is 5.38. The molecular formula is C14H23NO3. The van der Waals surface area contributed by atoms with Crippen molar-refractivity contribution in [3.8, 4) is 0 Å². The monoisotopic (exact) mass is 253 g/mol. The number of rotatable bonds is 5. The summed E-state index contributed by atoms with van der Waals surface area (Å²) >= 11 is 0. The Labute approximate surface area is 109 Å². The zero-order chi connectivity index (χ0) is 13.6. The van der Waals surface area contributed by atoms with Crippen LogP contribution in [0.1, 0.15) is 44.9 Å². The lowest BCUT2D eigenvalue weighted by atomic mass is 9.77. The second-order valence-electron chi connectivity index (χ2n) is 5.24. The van der Waals surface area contributed by atoms with Gasteiger partial charge in [-0.25, -0.2) is 0 Å². The second-order valence-corrected chi connectivity index (χ2v) is 5.24. The van der Waals surface area contributed by atoms with E-state index < -0.39 is 11.4 Å². The molecule has 1 rings (SSSR count). The lowest BCUT2D eigenvalue weighted by Crippen LogP contribution is -2.38. The summed E-state index contributed by atoms with van der Waals surface area (Å²) in [6.07, 6.45) is 6.98. The van der Waals surface area contributed by atoms with Gasteiger partial charge in [0.15, 0.2) is 0 Å². The predicted octanol–water partition coefficient (Wildman–Crippen LogP) is 2.45. The van der Waals surface area contributed by atoms with E-state index in [9.17, 15) is 14.7 Å². The molecule has 1 aliphatic carbocycles. The van der Waals surface area contributed by atoms with Crippen LogP contribution in [0.15, 0.2) is 12.7 Å². The molecule has 4 nitrogen and oxygen atoms in total. The van der Waals surface area contributed by atoms with Crippen LogP contribution in [0, 0.1) is 5.41 Å². The van der Waals surface area contributed by atoms with E-state index in [4.69, 9.17) is 0 Å². The van der Waals surface area contributed by atoms with E-state index >= 15 is 0 Å². The Morgan fingerprint density at radius 1 is 1.28 bits per heavy atom. The Hall–Kier alpha value is -1.32. The first-order valence-electron chi connectivity index (χ1n) is 6.60. The molecule has 1 N–H and O–H groups in total. The number of hydrogen-bond acceptors (Lipinski definition) is 2. The van der Waals surface area contributed by atoms with Gasteiger partial charge in [0.2, 0.25) is 5.91 Å². The lowest BCUT2D eigenvalue weighted by molar-refractivity contribution is -0.154. The summed E-state index contributed by atoms with van der Waals surface area (Å²) in [5.74, 6) is -0.913. The molecule has 0 aromatic carbocycles. The maximum atomic E-state index is 12.0. The first-order chi connectivity index (χ1) is 8.52. The highest BCUT2D eigenvalue weighted by molar-refractivity contribution is 5.85. The molecule has 102 valence electrons. The number of likely N-dealkylation sites (N-methyl/N-ethyl adjacent to an activating group) is 1. The molecule has 0 spiro atoms. The van der Waals surface area contributed by atoms with Gasteiger partial charge in [-0.1, -0.05) is 31.8 Å². The van der Waals surface area contributed by atoms with Crippen molar-refractivity contribution in [2.45, 2.75) is 44.9 Å². The van der Waals surface area contributed by atoms with Crippen molar-refractivity contribution in [2.24, 2.45) is 5.41 Å². The minimum Gasteiger partial charge on any atom is -0.481 e. The summed E-state index contributed by atoms with van der Waals surface area (Å²) in [7, 11) is 1.69. The molecule has 0 aromatic heterocycles. The second kappa shape index (κ2) is 6.57. The largest absolute Gasteiger partial charge is 0.481 e. The third-order valence-electron chi connectivity index (χ3n) is 3.83. The SMILES string of the molecule is C=CCN(C)C(=O)CC1(C(=O)O)CCCCCC1. The lowest BCUT2D eigenvalue weighted by Gasteiger charge is -2.29. The van der Waals surface area contributed by atoms with Gasteiger partial charge in [0.05, 0.1) is 5.41 Å². The standard InChI is InChI=1S/C14H23NO3/c1-3-10-15(2)12(16)11-14(13(17)18)8-6-4-5-7-9-14/h3H,1,4-11H2,2H3,(H,17,18). The quantitative estimate of drug-likeness (QED) is 0.605. The van der Waals surface area contributed by atoms with E-state index in [1.807, 2.05) is 0 Å². The van der Waals surface area contributed by atoms with Crippen LogP contribution in [0.2, 0.25) is 0 Å². The summed E-state index contributed by atoms with van der Waals surface area (Å²) < 4.78 is 0. The van der Waals surface area contributed by atoms with Gasteiger partial charge in [-0.15, -0.1) is 6.58 Å². The Balaban J connectivity index is 2.75. The van der Waals surface area contributed by atoms with Crippen LogP contribution < -0.4 is 0 Å². The van der Waals surface area contributed by atoms with E-state index in [1.54, 1.807) is 18.0 Å². The van der Waals surface area contributed by atoms with Gasteiger partial charge in [-0.05, 0) is 12.8 Å². The fourth-order valence-corrected chi connectivity index (χ4v) is 2.59. The van der Waals surface area contributed by atoms with E-state index in [0.717, 1.165) is 25.7 Å². The molecule has 0 saturated heterocycles. The molecule has 0 unspecified atom stereocenters. The summed E-state index contributed by atoms with van der Waals surface area (Å²) in [5, 5.41) is 9.48. The van der Waals surface area contributed by atoms with Gasteiger partial charge >= 0.3 is 5.97 Å². The molecular weight excluding hydrogens is 230 g/mol. The molecule has 4 heteroatoms. The van der Waals surface area contributed by atoms with Crippen LogP contribution in [0.25, 0.3) is 0 Å². The smallest absolute Gasteiger partial charge is 0.310 e. The molecule has 1 aliphatic rings. The maximum absolute atomic E-state index is 12.0. The topological polar surface area (TPSA) is 57.6 Å². The molecule has 0 atom stereocenters. The van der Waals surface area contributed by atoms with Crippen molar-refractivity contribution in [2.75, 3.05) is 13.6 Å². The number of carbonyl (C=O) groups excluding carboxylic acids is 1. The van der Waals surface area contributed by atoms with Crippen LogP contribution in [-0.4, -0.2) is 35.5 Å². The molecule has 0 radical (unpaired) electrons. The molecule has 18 heavy (non-hydrogen) atoms. The van der Waals surface area contributed by atoms with Gasteiger partial charge in [0.25, 0.3) is 0 Å². The van der Waals surface area contributed by atoms with Gasteiger partial charge in [0.1, 0.15) is 0 Å². The number of nitrogens with zero attached hydrogens (tertiary/aromatic N) is 1. The van der Waals surface area contributed by atoms with Gasteiger partial charge in [0, 0.05) is 20.0 Å². The fraction of sp³-hybridized carbons (Fsp3) is 0.714. The van der Waals surface area contributed by atoms with E-state index in [-0.39, 0.29) is 12.3 Å². The maximum Gasteiger partial charge on any atom is 0.310 e. The number of hydrogen-bond donors (Lipinski definition) is 1. The molecule has 0 aliphatic heterocycles. The molecule has 0 aromatic rings. The van der Waals surface area contributed by atoms with Crippen LogP contribution >= 0.6 is 0 Å². The summed E-state index contributed by atoms with van der Waals surface area (Å²) in [4.78, 5) is 25.1. The van der Waals surface area contributed by atoms with Crippen molar-refractivity contribution in [3.05, 3.63) is 12.7 Å². The number of carbonyl (C=O) groups is 2. The third kappa shape index (κ3) is 3.59. The predicted molar refractivity (Wildman–Crippen MR) is 70.2 cm³/mol. The molecule has 1 amide bonds. The normalized spacial score (nSPS) is 18.7. The fourth-order valence-electron chi connectivity index (χ4n) is 2.59. The molecule has 0 heterocycles. The zero-order valence-corrected chi connectivity index (χ0v) is 11.2. The highest BCUT2D eigenvalue weighted by atomic mass is 16.4. The molecule has 1 fully saturated rings. The van der Waals surface area contributed by atoms with Crippen molar-refractivity contribution in [1.29, 1.82) is 0 Å². The van der Waals surface area contributed by atoms with E-state index in [1.165, 1.54) is 0 Å². The average Bonchev–Trinajstić information content (AvgIpc) is 2.56. The van der Waals surface area contributed by atoms with Crippen LogP contribution in [0.5, 0.6) is 0 Å². The zero-order valence-electron chi connectivity index (χ0n) is 11.2. The number of amides is 1. The Morgan fingerprint density at radius 3 is 2.28 bits per heavy atom. The highest BCUT2D eigenvalue weighted by Gasteiger charge is 2.41. The minimum absolute atomic E-state index is 0.0980. The third-order valence-corrected chi connectivity index (χ3v) is 3.83. The van der Waals surface area contributed by atoms with Gasteiger partial charge in [-0.3, -0.25) is 9.59 Å². The highest BCUT2D eigenvalue weighted by Crippen LogP contribution is 2.38. The van der Waals surface area contributed by atoms with Gasteiger partial charge in [-0.2, -0.15) is 0 Å². The minimum atomic E-state index is -0.844. The van der Waals surface area contributed by atoms with Crippen molar-refractivity contribution >= 4 is 11.9 Å². The van der Waals surface area contributed by atoms with Crippen molar-refractivity contribution in [3.63, 3.8) is 0 Å². The first kappa shape index (κ1) is 14.7. The van der Waals surface area contributed by atoms with Crippen LogP contribution in [0.4, 0.5) is 0 Å². The Bertz CT molecular complexity index is 317. The number of aliphatic carboxylic acids is 1. The number of carboxylic acid groups (broad SMARTS) is 1. The van der Waals surface area contributed by atoms with Crippen molar-refractivity contribution in [1.82, 2.24) is 4.90 Å². The van der Waals surface area contributed by atoms with Crippen LogP contribution in [-0.2, 0) is 9.59 Å². The summed E-state index contributed by atoms with van der Waals surface area (Å²) in [6, 6.07) is 0. The summed E-state index contributed by atoms with van der Waals surface area (Å²) in [6.45, 7) is 4.05. The van der Waals surface area contributed by atoms with Crippen molar-refractivity contribution < 1.29 is 14.7 Å². The number of carboxylic acids is 1. The summed E-state index contributed by atoms with van der Waals surface area (Å²) in [5.41, 5.74) is -0.844. The van der Waals surface area contributed by atoms with Crippen LogP contribution in [0.3, 0.4) is 0 Å². The van der Waals surface area contributed by atoms with E-state index in [2.05, 4.69) is 6.58 Å². The molecule has 1 saturated carbocycles. The molecule has 0 bridgehead atoms. The van der Waals surface area contributed by atoms with E-state index in [0.29, 0.717) is 19.4 Å². The average molecular weight is 253 g/mol. The Morgan fingerprint density at radius 2 is 1.83 bits per heavy atom. The van der Waals surface area contributed by atoms with Gasteiger partial charge < -0.3 is 10.0 Å². The first-order valence-corrected chi connectivity index (χ1v) is 6.60.